The highest BCUT2D eigenvalue weighted by molar-refractivity contribution is 7.92. The number of sulfonamides is 1. The van der Waals surface area contributed by atoms with Crippen LogP contribution in [0.5, 0.6) is 0 Å². The molecule has 2 atom stereocenters. The van der Waals surface area contributed by atoms with Crippen LogP contribution in [-0.4, -0.2) is 50.0 Å². The Bertz CT molecular complexity index is 1670. The lowest BCUT2D eigenvalue weighted by Crippen LogP contribution is -2.54. The molecule has 0 unspecified atom stereocenters. The second kappa shape index (κ2) is 14.1. The Kier molecular flexibility index (Phi) is 10.0. The van der Waals surface area contributed by atoms with E-state index in [0.29, 0.717) is 12.1 Å². The summed E-state index contributed by atoms with van der Waals surface area (Å²) in [6.07, 6.45) is 9.96. The van der Waals surface area contributed by atoms with E-state index in [2.05, 4.69) is 17.4 Å². The van der Waals surface area contributed by atoms with E-state index in [1.807, 2.05) is 87.5 Å². The highest BCUT2D eigenvalue weighted by atomic mass is 32.2. The molecule has 256 valence electrons. The van der Waals surface area contributed by atoms with Crippen LogP contribution in [0.15, 0.2) is 78.9 Å². The predicted molar refractivity (Wildman–Crippen MR) is 192 cm³/mol. The molecule has 0 radical (unpaired) electrons. The maximum atomic E-state index is 14.5. The third kappa shape index (κ3) is 7.49. The fourth-order valence-corrected chi connectivity index (χ4v) is 9.87. The fraction of sp³-hybridized carbons (Fsp3) is 0.500. The van der Waals surface area contributed by atoms with Crippen LogP contribution in [0.1, 0.15) is 81.0 Å². The third-order valence-corrected chi connectivity index (χ3v) is 12.5. The smallest absolute Gasteiger partial charge is 0.244 e. The molecule has 1 N–H and O–H groups in total. The molecule has 0 spiro atoms. The van der Waals surface area contributed by atoms with Crippen molar-refractivity contribution in [2.75, 3.05) is 17.1 Å². The number of benzene rings is 3. The number of carbonyl (C=O) groups excluding carboxylic acids is 2. The average Bonchev–Trinajstić information content (AvgIpc) is 3.05. The van der Waals surface area contributed by atoms with E-state index in [0.717, 1.165) is 47.1 Å². The van der Waals surface area contributed by atoms with Gasteiger partial charge in [0, 0.05) is 19.0 Å². The van der Waals surface area contributed by atoms with Crippen LogP contribution in [0.3, 0.4) is 0 Å². The molecule has 4 saturated carbocycles. The molecular formula is C40H51N3O4S. The zero-order valence-corrected chi connectivity index (χ0v) is 29.7. The molecule has 4 bridgehead atoms. The van der Waals surface area contributed by atoms with E-state index < -0.39 is 28.5 Å². The van der Waals surface area contributed by atoms with Gasteiger partial charge in [0.1, 0.15) is 12.6 Å². The minimum atomic E-state index is -3.83. The first kappa shape index (κ1) is 34.2. The SMILES string of the molecule is CC[C@@H](C)NC(=O)[C@@H](Cc1ccccc1)N(Cc1ccccc1C)C(=O)CN(c1ccc(C23CC4CC(CC(C4)C2)C3)cc1)S(C)(=O)=O. The summed E-state index contributed by atoms with van der Waals surface area (Å²) in [4.78, 5) is 30.0. The highest BCUT2D eigenvalue weighted by Crippen LogP contribution is 2.60. The molecule has 0 aromatic heterocycles. The number of rotatable bonds is 13. The summed E-state index contributed by atoms with van der Waals surface area (Å²) in [7, 11) is -3.83. The molecule has 7 rings (SSSR count). The van der Waals surface area contributed by atoms with Crippen molar-refractivity contribution in [1.82, 2.24) is 10.2 Å². The van der Waals surface area contributed by atoms with Crippen molar-refractivity contribution in [3.05, 3.63) is 101 Å². The summed E-state index contributed by atoms with van der Waals surface area (Å²) in [5.74, 6) is 1.75. The van der Waals surface area contributed by atoms with Gasteiger partial charge in [0.05, 0.1) is 11.9 Å². The topological polar surface area (TPSA) is 86.8 Å². The Morgan fingerprint density at radius 1 is 0.875 bits per heavy atom. The van der Waals surface area contributed by atoms with Gasteiger partial charge in [0.15, 0.2) is 0 Å². The van der Waals surface area contributed by atoms with Gasteiger partial charge in [0.2, 0.25) is 21.8 Å². The first-order valence-electron chi connectivity index (χ1n) is 17.7. The molecule has 4 aliphatic rings. The summed E-state index contributed by atoms with van der Waals surface area (Å²) >= 11 is 0. The van der Waals surface area contributed by atoms with Gasteiger partial charge in [-0.2, -0.15) is 0 Å². The normalized spacial score (nSPS) is 24.1. The van der Waals surface area contributed by atoms with Crippen molar-refractivity contribution < 1.29 is 18.0 Å². The quantitative estimate of drug-likeness (QED) is 0.217. The van der Waals surface area contributed by atoms with Crippen molar-refractivity contribution in [3.8, 4) is 0 Å². The number of nitrogens with zero attached hydrogens (tertiary/aromatic N) is 2. The van der Waals surface area contributed by atoms with Gasteiger partial charge in [-0.15, -0.1) is 0 Å². The number of nitrogens with one attached hydrogen (secondary N) is 1. The first-order chi connectivity index (χ1) is 22.9. The Morgan fingerprint density at radius 3 is 2.02 bits per heavy atom. The minimum Gasteiger partial charge on any atom is -0.352 e. The number of carbonyl (C=O) groups is 2. The zero-order chi connectivity index (χ0) is 34.1. The number of aryl methyl sites for hydroxylation is 1. The molecule has 8 heteroatoms. The lowest BCUT2D eigenvalue weighted by molar-refractivity contribution is -0.140. The summed E-state index contributed by atoms with van der Waals surface area (Å²) in [6.45, 7) is 5.72. The second-order valence-corrected chi connectivity index (χ2v) is 16.9. The number of anilines is 1. The Hall–Kier alpha value is -3.65. The molecule has 0 aliphatic heterocycles. The maximum Gasteiger partial charge on any atom is 0.244 e. The zero-order valence-electron chi connectivity index (χ0n) is 28.9. The van der Waals surface area contributed by atoms with Crippen LogP contribution in [0, 0.1) is 24.7 Å². The van der Waals surface area contributed by atoms with Crippen LogP contribution in [0.25, 0.3) is 0 Å². The summed E-state index contributed by atoms with van der Waals surface area (Å²) in [6, 6.07) is 24.5. The van der Waals surface area contributed by atoms with Crippen molar-refractivity contribution in [2.24, 2.45) is 17.8 Å². The molecule has 0 heterocycles. The summed E-state index contributed by atoms with van der Waals surface area (Å²) in [5, 5.41) is 3.10. The van der Waals surface area contributed by atoms with Gasteiger partial charge < -0.3 is 10.2 Å². The fourth-order valence-electron chi connectivity index (χ4n) is 9.03. The Morgan fingerprint density at radius 2 is 1.46 bits per heavy atom. The van der Waals surface area contributed by atoms with E-state index in [4.69, 9.17) is 0 Å². The largest absolute Gasteiger partial charge is 0.352 e. The molecule has 2 amide bonds. The van der Waals surface area contributed by atoms with Crippen LogP contribution in [0.2, 0.25) is 0 Å². The Balaban J connectivity index is 1.31. The molecule has 4 aliphatic carbocycles. The van der Waals surface area contributed by atoms with Gasteiger partial charge in [-0.05, 0) is 116 Å². The number of amides is 2. The van der Waals surface area contributed by atoms with Gasteiger partial charge >= 0.3 is 0 Å². The van der Waals surface area contributed by atoms with Crippen LogP contribution in [0.4, 0.5) is 5.69 Å². The lowest BCUT2D eigenvalue weighted by Gasteiger charge is -2.57. The third-order valence-electron chi connectivity index (χ3n) is 11.4. The molecule has 3 aromatic rings. The van der Waals surface area contributed by atoms with E-state index in [1.54, 1.807) is 4.90 Å². The summed E-state index contributed by atoms with van der Waals surface area (Å²) in [5.41, 5.74) is 4.79. The highest BCUT2D eigenvalue weighted by Gasteiger charge is 2.51. The summed E-state index contributed by atoms with van der Waals surface area (Å²) < 4.78 is 27.9. The molecule has 48 heavy (non-hydrogen) atoms. The minimum absolute atomic E-state index is 0.0776. The van der Waals surface area contributed by atoms with Gasteiger partial charge in [-0.25, -0.2) is 8.42 Å². The van der Waals surface area contributed by atoms with Gasteiger partial charge in [0.25, 0.3) is 0 Å². The van der Waals surface area contributed by atoms with Crippen molar-refractivity contribution >= 4 is 27.5 Å². The monoisotopic (exact) mass is 669 g/mol. The number of hydrogen-bond acceptors (Lipinski definition) is 4. The molecule has 4 fully saturated rings. The Labute approximate surface area is 287 Å². The van der Waals surface area contributed by atoms with Crippen molar-refractivity contribution in [2.45, 2.75) is 96.2 Å². The first-order valence-corrected chi connectivity index (χ1v) is 19.6. The second-order valence-electron chi connectivity index (χ2n) is 15.0. The van der Waals surface area contributed by atoms with E-state index in [-0.39, 0.29) is 23.9 Å². The van der Waals surface area contributed by atoms with E-state index in [1.165, 1.54) is 48.4 Å². The maximum absolute atomic E-state index is 14.5. The molecule has 3 aromatic carbocycles. The predicted octanol–water partition coefficient (Wildman–Crippen LogP) is 6.78. The van der Waals surface area contributed by atoms with E-state index in [9.17, 15) is 18.0 Å². The standard InChI is InChI=1S/C40H51N3O4S/c1-5-29(3)41-39(45)37(22-30-12-7-6-8-13-30)42(26-34-14-10-9-11-28(34)2)38(44)27-43(48(4,46)47)36-17-15-35(16-18-36)40-23-31-19-32(24-40)21-33(20-31)25-40/h6-18,29,31-33,37H,5,19-27H2,1-4H3,(H,41,45)/t29-,31?,32?,33?,37-,40?/m1/s1. The van der Waals surface area contributed by atoms with Crippen LogP contribution in [-0.2, 0) is 38.0 Å². The van der Waals surface area contributed by atoms with Crippen LogP contribution >= 0.6 is 0 Å². The van der Waals surface area contributed by atoms with Crippen molar-refractivity contribution in [3.63, 3.8) is 0 Å². The van der Waals surface area contributed by atoms with Gasteiger partial charge in [-0.1, -0.05) is 73.7 Å². The van der Waals surface area contributed by atoms with Gasteiger partial charge in [-0.3, -0.25) is 13.9 Å². The molecule has 7 nitrogen and oxygen atoms in total. The van der Waals surface area contributed by atoms with Crippen molar-refractivity contribution in [1.29, 1.82) is 0 Å². The lowest BCUT2D eigenvalue weighted by atomic mass is 9.48. The molecule has 0 saturated heterocycles. The number of hydrogen-bond donors (Lipinski definition) is 1. The van der Waals surface area contributed by atoms with Crippen LogP contribution < -0.4 is 9.62 Å². The van der Waals surface area contributed by atoms with E-state index >= 15 is 0 Å². The molecular weight excluding hydrogens is 619 g/mol. The average molecular weight is 670 g/mol.